The van der Waals surface area contributed by atoms with E-state index in [4.69, 9.17) is 0 Å². The maximum atomic E-state index is 11.3. The average molecular weight is 255 g/mol. The summed E-state index contributed by atoms with van der Waals surface area (Å²) in [6.45, 7) is 0.682. The summed E-state index contributed by atoms with van der Waals surface area (Å²) in [6.07, 6.45) is 0.0696. The molecule has 0 radical (unpaired) electrons. The Labute approximate surface area is 102 Å². The van der Waals surface area contributed by atoms with Crippen molar-refractivity contribution in [2.75, 3.05) is 18.1 Å². The minimum absolute atomic E-state index is 0.0446. The van der Waals surface area contributed by atoms with Crippen molar-refractivity contribution in [3.63, 3.8) is 0 Å². The van der Waals surface area contributed by atoms with Gasteiger partial charge in [-0.3, -0.25) is 0 Å². The quantitative estimate of drug-likeness (QED) is 0.793. The molecule has 4 nitrogen and oxygen atoms in total. The van der Waals surface area contributed by atoms with Crippen molar-refractivity contribution in [2.24, 2.45) is 0 Å². The van der Waals surface area contributed by atoms with Gasteiger partial charge < -0.3 is 10.4 Å². The maximum absolute atomic E-state index is 11.3. The van der Waals surface area contributed by atoms with E-state index in [-0.39, 0.29) is 17.5 Å². The first kappa shape index (κ1) is 12.5. The van der Waals surface area contributed by atoms with E-state index in [1.54, 1.807) is 0 Å². The normalized spacial score (nSPS) is 27.1. The lowest BCUT2D eigenvalue weighted by Crippen LogP contribution is -2.39. The Morgan fingerprint density at radius 1 is 1.24 bits per heavy atom. The molecule has 2 N–H and O–H groups in total. The van der Waals surface area contributed by atoms with Gasteiger partial charge in [0.25, 0.3) is 0 Å². The molecule has 1 saturated heterocycles. The SMILES string of the molecule is O=S1(=O)C[C@H](O)[C@H](NCCc2ccccc2)C1. The second-order valence-electron chi connectivity index (χ2n) is 4.44. The number of hydrogen-bond acceptors (Lipinski definition) is 4. The number of benzene rings is 1. The van der Waals surface area contributed by atoms with Crippen LogP contribution in [0.4, 0.5) is 0 Å². The highest BCUT2D eigenvalue weighted by atomic mass is 32.2. The lowest BCUT2D eigenvalue weighted by atomic mass is 10.1. The Hall–Kier alpha value is -0.910. The zero-order valence-electron chi connectivity index (χ0n) is 9.54. The summed E-state index contributed by atoms with van der Waals surface area (Å²) in [4.78, 5) is 0. The molecule has 0 aliphatic carbocycles. The van der Waals surface area contributed by atoms with Gasteiger partial charge in [0.2, 0.25) is 0 Å². The number of aliphatic hydroxyl groups excluding tert-OH is 1. The van der Waals surface area contributed by atoms with Crippen LogP contribution in [0.2, 0.25) is 0 Å². The fourth-order valence-corrected chi connectivity index (χ4v) is 3.85. The summed E-state index contributed by atoms with van der Waals surface area (Å²) in [6, 6.07) is 9.66. The monoisotopic (exact) mass is 255 g/mol. The van der Waals surface area contributed by atoms with Crippen LogP contribution in [0, 0.1) is 0 Å². The molecule has 0 bridgehead atoms. The maximum Gasteiger partial charge on any atom is 0.154 e. The third-order valence-electron chi connectivity index (χ3n) is 2.99. The van der Waals surface area contributed by atoms with Crippen LogP contribution in [0.5, 0.6) is 0 Å². The first-order valence-electron chi connectivity index (χ1n) is 5.73. The Bertz CT molecular complexity index is 458. The minimum Gasteiger partial charge on any atom is -0.390 e. The number of aliphatic hydroxyl groups is 1. The summed E-state index contributed by atoms with van der Waals surface area (Å²) in [7, 11) is -3.05. The van der Waals surface area contributed by atoms with Gasteiger partial charge in [-0.05, 0) is 18.5 Å². The molecule has 1 heterocycles. The van der Waals surface area contributed by atoms with Gasteiger partial charge in [0, 0.05) is 6.04 Å². The molecule has 0 saturated carbocycles. The van der Waals surface area contributed by atoms with Gasteiger partial charge in [-0.15, -0.1) is 0 Å². The van der Waals surface area contributed by atoms with Gasteiger partial charge in [-0.1, -0.05) is 30.3 Å². The number of hydrogen-bond donors (Lipinski definition) is 2. The van der Waals surface area contributed by atoms with E-state index in [0.717, 1.165) is 6.42 Å². The molecule has 1 aromatic rings. The first-order chi connectivity index (χ1) is 8.07. The molecule has 1 aromatic carbocycles. The molecule has 94 valence electrons. The summed E-state index contributed by atoms with van der Waals surface area (Å²) in [5.41, 5.74) is 1.20. The zero-order chi connectivity index (χ0) is 12.3. The highest BCUT2D eigenvalue weighted by Crippen LogP contribution is 2.12. The molecule has 1 fully saturated rings. The van der Waals surface area contributed by atoms with Gasteiger partial charge in [0.05, 0.1) is 17.6 Å². The van der Waals surface area contributed by atoms with Crippen LogP contribution in [0.3, 0.4) is 0 Å². The highest BCUT2D eigenvalue weighted by molar-refractivity contribution is 7.91. The molecule has 1 aliphatic rings. The summed E-state index contributed by atoms with van der Waals surface area (Å²) in [5.74, 6) is -0.0705. The molecule has 2 rings (SSSR count). The van der Waals surface area contributed by atoms with Crippen molar-refractivity contribution >= 4 is 9.84 Å². The number of sulfone groups is 1. The van der Waals surface area contributed by atoms with Crippen LogP contribution >= 0.6 is 0 Å². The fraction of sp³-hybridized carbons (Fsp3) is 0.500. The molecule has 2 atom stereocenters. The lowest BCUT2D eigenvalue weighted by Gasteiger charge is -2.14. The van der Waals surface area contributed by atoms with Crippen LogP contribution < -0.4 is 5.32 Å². The zero-order valence-corrected chi connectivity index (χ0v) is 10.4. The van der Waals surface area contributed by atoms with Crippen LogP contribution in [0.25, 0.3) is 0 Å². The first-order valence-corrected chi connectivity index (χ1v) is 7.55. The average Bonchev–Trinajstić information content (AvgIpc) is 2.53. The Morgan fingerprint density at radius 3 is 2.53 bits per heavy atom. The molecule has 1 aliphatic heterocycles. The Kier molecular flexibility index (Phi) is 3.81. The van der Waals surface area contributed by atoms with Gasteiger partial charge in [-0.2, -0.15) is 0 Å². The third-order valence-corrected chi connectivity index (χ3v) is 4.70. The van der Waals surface area contributed by atoms with Gasteiger partial charge >= 0.3 is 0 Å². The van der Waals surface area contributed by atoms with Gasteiger partial charge in [0.1, 0.15) is 0 Å². The smallest absolute Gasteiger partial charge is 0.154 e. The molecule has 0 unspecified atom stereocenters. The lowest BCUT2D eigenvalue weighted by molar-refractivity contribution is 0.166. The minimum atomic E-state index is -3.05. The van der Waals surface area contributed by atoms with Crippen molar-refractivity contribution in [2.45, 2.75) is 18.6 Å². The van der Waals surface area contributed by atoms with Crippen molar-refractivity contribution in [1.29, 1.82) is 0 Å². The Balaban J connectivity index is 1.80. The van der Waals surface area contributed by atoms with Crippen molar-refractivity contribution in [1.82, 2.24) is 5.32 Å². The van der Waals surface area contributed by atoms with Crippen LogP contribution in [0.15, 0.2) is 30.3 Å². The molecular formula is C12H17NO3S. The van der Waals surface area contributed by atoms with E-state index in [1.165, 1.54) is 5.56 Å². The van der Waals surface area contributed by atoms with E-state index < -0.39 is 15.9 Å². The molecule has 0 amide bonds. The topological polar surface area (TPSA) is 66.4 Å². The standard InChI is InChI=1S/C12H17NO3S/c14-12-9-17(15,16)8-11(12)13-7-6-10-4-2-1-3-5-10/h1-5,11-14H,6-9H2/t11-,12+/m1/s1. The number of rotatable bonds is 4. The highest BCUT2D eigenvalue weighted by Gasteiger charge is 2.35. The van der Waals surface area contributed by atoms with Crippen molar-refractivity contribution < 1.29 is 13.5 Å². The van der Waals surface area contributed by atoms with E-state index in [2.05, 4.69) is 5.32 Å². The largest absolute Gasteiger partial charge is 0.390 e. The summed E-state index contributed by atoms with van der Waals surface area (Å²) < 4.78 is 22.6. The van der Waals surface area contributed by atoms with Crippen molar-refractivity contribution in [3.05, 3.63) is 35.9 Å². The summed E-state index contributed by atoms with van der Waals surface area (Å²) >= 11 is 0. The summed E-state index contributed by atoms with van der Waals surface area (Å²) in [5, 5.41) is 12.7. The molecule has 0 spiro atoms. The molecule has 5 heteroatoms. The van der Waals surface area contributed by atoms with Crippen molar-refractivity contribution in [3.8, 4) is 0 Å². The third kappa shape index (κ3) is 3.52. The van der Waals surface area contributed by atoms with E-state index in [0.29, 0.717) is 6.54 Å². The van der Waals surface area contributed by atoms with E-state index in [1.807, 2.05) is 30.3 Å². The molecule has 17 heavy (non-hydrogen) atoms. The fourth-order valence-electron chi connectivity index (χ4n) is 2.07. The predicted octanol–water partition coefficient (Wildman–Crippen LogP) is -0.0234. The second kappa shape index (κ2) is 5.16. The molecular weight excluding hydrogens is 238 g/mol. The number of nitrogens with one attached hydrogen (secondary N) is 1. The van der Waals surface area contributed by atoms with Gasteiger partial charge in [0.15, 0.2) is 9.84 Å². The Morgan fingerprint density at radius 2 is 1.94 bits per heavy atom. The second-order valence-corrected chi connectivity index (χ2v) is 6.59. The van der Waals surface area contributed by atoms with Crippen LogP contribution in [0.1, 0.15) is 5.56 Å². The van der Waals surface area contributed by atoms with Gasteiger partial charge in [-0.25, -0.2) is 8.42 Å². The van der Waals surface area contributed by atoms with E-state index >= 15 is 0 Å². The van der Waals surface area contributed by atoms with E-state index in [9.17, 15) is 13.5 Å². The predicted molar refractivity (Wildman–Crippen MR) is 66.6 cm³/mol. The molecule has 0 aromatic heterocycles. The van der Waals surface area contributed by atoms with Crippen LogP contribution in [-0.2, 0) is 16.3 Å². The van der Waals surface area contributed by atoms with Crippen LogP contribution in [-0.4, -0.2) is 43.7 Å².